The van der Waals surface area contributed by atoms with Crippen LogP contribution in [0.1, 0.15) is 80.1 Å². The molecule has 0 fully saturated rings. The number of amides is 6. The first kappa shape index (κ1) is 46.7. The van der Waals surface area contributed by atoms with Gasteiger partial charge < -0.3 is 52.4 Å². The van der Waals surface area contributed by atoms with E-state index in [0.29, 0.717) is 22.8 Å². The molecule has 4 aromatic rings. The molecule has 0 aliphatic rings. The number of methoxy groups -OCH3 is 1. The summed E-state index contributed by atoms with van der Waals surface area (Å²) in [5, 5.41) is 13.6. The molecule has 4 rings (SSSR count). The van der Waals surface area contributed by atoms with Gasteiger partial charge in [0.1, 0.15) is 23.7 Å². The van der Waals surface area contributed by atoms with Crippen LogP contribution in [0.4, 0.5) is 27.2 Å². The van der Waals surface area contributed by atoms with E-state index in [1.807, 2.05) is 0 Å². The van der Waals surface area contributed by atoms with E-state index in [1.54, 1.807) is 52.8 Å². The van der Waals surface area contributed by atoms with E-state index in [4.69, 9.17) is 20.9 Å². The Balaban J connectivity index is 1.25. The van der Waals surface area contributed by atoms with Crippen molar-refractivity contribution in [2.24, 2.45) is 5.92 Å². The van der Waals surface area contributed by atoms with Crippen LogP contribution in [0.25, 0.3) is 11.2 Å². The highest BCUT2D eigenvalue weighted by atomic mass is 32.1. The summed E-state index contributed by atoms with van der Waals surface area (Å²) in [5.41, 5.74) is 12.2. The smallest absolute Gasteiger partial charge is 0.408 e. The van der Waals surface area contributed by atoms with Crippen LogP contribution in [0.2, 0.25) is 0 Å². The number of hydrogen-bond acceptors (Lipinski definition) is 16. The first-order valence-electron chi connectivity index (χ1n) is 19.0. The zero-order valence-corrected chi connectivity index (χ0v) is 35.5. The number of fused-ring (bicyclic) bond motifs is 1. The second-order valence-corrected chi connectivity index (χ2v) is 16.1. The molecule has 0 bridgehead atoms. The monoisotopic (exact) mass is 862 g/mol. The third kappa shape index (κ3) is 13.5. The van der Waals surface area contributed by atoms with E-state index in [1.165, 1.54) is 43.3 Å². The van der Waals surface area contributed by atoms with Gasteiger partial charge in [-0.15, -0.1) is 11.3 Å². The number of nitrogens with zero attached hydrogens (tertiary/aromatic N) is 5. The summed E-state index contributed by atoms with van der Waals surface area (Å²) in [4.78, 5) is 107. The lowest BCUT2D eigenvalue weighted by Crippen LogP contribution is -2.54. The van der Waals surface area contributed by atoms with Crippen molar-refractivity contribution in [3.8, 4) is 0 Å². The number of ether oxygens (including phenoxy) is 2. The van der Waals surface area contributed by atoms with Crippen LogP contribution < -0.4 is 43.0 Å². The highest BCUT2D eigenvalue weighted by Gasteiger charge is 2.29. The third-order valence-electron chi connectivity index (χ3n) is 8.62. The molecule has 0 aliphatic carbocycles. The number of benzene rings is 1. The number of hydrogen-bond donors (Lipinski definition) is 7. The quantitative estimate of drug-likeness (QED) is 0.0429. The summed E-state index contributed by atoms with van der Waals surface area (Å²) in [7, 11) is 1.19. The molecule has 0 radical (unpaired) electrons. The average Bonchev–Trinajstić information content (AvgIpc) is 3.67. The highest BCUT2D eigenvalue weighted by Crippen LogP contribution is 2.23. The minimum atomic E-state index is -1.03. The van der Waals surface area contributed by atoms with E-state index >= 15 is 0 Å². The van der Waals surface area contributed by atoms with E-state index in [9.17, 15) is 33.6 Å². The molecule has 326 valence electrons. The maximum atomic E-state index is 13.1. The normalized spacial score (nSPS) is 12.7. The van der Waals surface area contributed by atoms with Gasteiger partial charge in [0, 0.05) is 17.8 Å². The summed E-state index contributed by atoms with van der Waals surface area (Å²) < 4.78 is 10.1. The number of nitrogen functional groups attached to an aromatic ring is 2. The average molecular weight is 863 g/mol. The van der Waals surface area contributed by atoms with Crippen molar-refractivity contribution in [2.75, 3.05) is 35.3 Å². The highest BCUT2D eigenvalue weighted by molar-refractivity contribution is 7.18. The third-order valence-corrected chi connectivity index (χ3v) is 9.62. The Hall–Kier alpha value is -6.97. The fourth-order valence-corrected chi connectivity index (χ4v) is 6.38. The van der Waals surface area contributed by atoms with E-state index in [0.717, 1.165) is 11.3 Å². The second kappa shape index (κ2) is 20.8. The van der Waals surface area contributed by atoms with E-state index in [-0.39, 0.29) is 65.2 Å². The summed E-state index contributed by atoms with van der Waals surface area (Å²) in [6.07, 6.45) is 1.68. The molecule has 1 aromatic carbocycles. The van der Waals surface area contributed by atoms with Crippen molar-refractivity contribution in [3.63, 3.8) is 0 Å². The summed E-state index contributed by atoms with van der Waals surface area (Å²) in [6.45, 7) is 10.2. The molecule has 21 nitrogen and oxygen atoms in total. The fourth-order valence-electron chi connectivity index (χ4n) is 5.55. The molecule has 9 N–H and O–H groups in total. The summed E-state index contributed by atoms with van der Waals surface area (Å²) in [5.74, 6) is -3.10. The van der Waals surface area contributed by atoms with Gasteiger partial charge in [-0.05, 0) is 82.9 Å². The Morgan fingerprint density at radius 3 is 2.25 bits per heavy atom. The number of nitrogens with two attached hydrogens (primary N) is 2. The van der Waals surface area contributed by atoms with Gasteiger partial charge in [0.05, 0.1) is 35.4 Å². The molecule has 0 spiro atoms. The van der Waals surface area contributed by atoms with Gasteiger partial charge in [0.25, 0.3) is 11.8 Å². The lowest BCUT2D eigenvalue weighted by molar-refractivity contribution is -0.143. The Kier molecular flexibility index (Phi) is 15.9. The van der Waals surface area contributed by atoms with Crippen LogP contribution in [0, 0.1) is 5.92 Å². The number of thiophene rings is 1. The zero-order valence-electron chi connectivity index (χ0n) is 34.7. The van der Waals surface area contributed by atoms with Crippen molar-refractivity contribution in [2.45, 2.75) is 84.7 Å². The Morgan fingerprint density at radius 2 is 1.61 bits per heavy atom. The van der Waals surface area contributed by atoms with Crippen LogP contribution in [-0.2, 0) is 35.2 Å². The van der Waals surface area contributed by atoms with Gasteiger partial charge in [0.15, 0.2) is 17.0 Å². The van der Waals surface area contributed by atoms with Crippen molar-refractivity contribution >= 4 is 87.1 Å². The molecule has 6 amide bonds. The van der Waals surface area contributed by atoms with Crippen LogP contribution in [0.3, 0.4) is 0 Å². The number of alkyl carbamates (subject to hydrolysis) is 1. The van der Waals surface area contributed by atoms with Gasteiger partial charge in [0.2, 0.25) is 24.2 Å². The molecule has 22 heteroatoms. The Morgan fingerprint density at radius 1 is 0.902 bits per heavy atom. The van der Waals surface area contributed by atoms with E-state index in [2.05, 4.69) is 46.5 Å². The van der Waals surface area contributed by atoms with Crippen molar-refractivity contribution < 1.29 is 43.0 Å². The molecule has 61 heavy (non-hydrogen) atoms. The molecular formula is C39H50N12O9S. The minimum absolute atomic E-state index is 0.0192. The second-order valence-electron chi connectivity index (χ2n) is 15.0. The maximum Gasteiger partial charge on any atom is 0.408 e. The first-order chi connectivity index (χ1) is 28.8. The van der Waals surface area contributed by atoms with Crippen molar-refractivity contribution in [3.05, 3.63) is 58.7 Å². The molecule has 0 aliphatic heterocycles. The number of carbonyl (C=O) groups excluding carboxylic acids is 7. The fraction of sp³-hybridized carbons (Fsp3) is 0.410. The maximum absolute atomic E-state index is 13.1. The van der Waals surface area contributed by atoms with Crippen LogP contribution >= 0.6 is 11.3 Å². The Bertz CT molecular complexity index is 2240. The first-order valence-corrected chi connectivity index (χ1v) is 19.8. The van der Waals surface area contributed by atoms with Crippen LogP contribution in [0.5, 0.6) is 0 Å². The SMILES string of the molecule is COC(=O)[C@H](CCCNC(=O)c1ccc(NC(=O)[C@H](C)NC(=O)[C@@H](NC(=O)OC(C)(C)C)C(C)C)s1)NC(=O)c1ccc(N(C=O)Cc2cnc3nc(N)nc(N)c3n2)cc1. The largest absolute Gasteiger partial charge is 0.467 e. The lowest BCUT2D eigenvalue weighted by atomic mass is 10.0. The minimum Gasteiger partial charge on any atom is -0.467 e. The molecule has 0 unspecified atom stereocenters. The molecule has 3 heterocycles. The lowest BCUT2D eigenvalue weighted by Gasteiger charge is -2.26. The number of rotatable bonds is 18. The summed E-state index contributed by atoms with van der Waals surface area (Å²) in [6, 6.07) is 6.17. The van der Waals surface area contributed by atoms with Crippen molar-refractivity contribution in [1.82, 2.24) is 41.2 Å². The van der Waals surface area contributed by atoms with Gasteiger partial charge in [-0.2, -0.15) is 9.97 Å². The van der Waals surface area contributed by atoms with Crippen molar-refractivity contribution in [1.29, 1.82) is 0 Å². The number of carbonyl (C=O) groups is 7. The number of aromatic nitrogens is 4. The zero-order chi connectivity index (χ0) is 45.0. The molecule has 3 aromatic heterocycles. The summed E-state index contributed by atoms with van der Waals surface area (Å²) >= 11 is 1.01. The topological polar surface area (TPSA) is 305 Å². The Labute approximate surface area is 355 Å². The standard InChI is InChI=1S/C39H50N12O9S/c1-20(2)28(48-38(58)60-39(4,5)6)35(56)44-21(3)32(53)47-27-15-14-26(61-27)34(55)42-16-8-9-25(36(57)59-7)46-33(54)22-10-12-24(13-11-22)51(19-52)18-23-17-43-31-29(45-23)30(40)49-37(41)50-31/h10-15,17,19-21,25,28H,8-9,16,18H2,1-7H3,(H,42,55)(H,44,56)(H,46,54)(H,47,53)(H,48,58)(H4,40,41,43,49,50)/t21-,25-,28-/m0/s1. The molecule has 0 saturated carbocycles. The number of anilines is 4. The predicted octanol–water partition coefficient (Wildman–Crippen LogP) is 2.28. The molecule has 0 saturated heterocycles. The number of nitrogens with one attached hydrogen (secondary N) is 5. The van der Waals surface area contributed by atoms with Gasteiger partial charge in [-0.1, -0.05) is 13.8 Å². The number of esters is 1. The molecule has 3 atom stereocenters. The van der Waals surface area contributed by atoms with Gasteiger partial charge in [-0.25, -0.2) is 19.6 Å². The molecular weight excluding hydrogens is 813 g/mol. The van der Waals surface area contributed by atoms with E-state index < -0.39 is 59.4 Å². The van der Waals surface area contributed by atoms with Crippen LogP contribution in [0.15, 0.2) is 42.6 Å². The van der Waals surface area contributed by atoms with Gasteiger partial charge >= 0.3 is 12.1 Å². The predicted molar refractivity (Wildman–Crippen MR) is 226 cm³/mol. The van der Waals surface area contributed by atoms with Crippen LogP contribution in [-0.4, -0.2) is 99.4 Å². The van der Waals surface area contributed by atoms with Gasteiger partial charge in [-0.3, -0.25) is 24.0 Å².